The molecular weight excluding hydrogens is 238 g/mol. The topological polar surface area (TPSA) is 47.7 Å². The first-order valence-electron chi connectivity index (χ1n) is 7.00. The summed E-state index contributed by atoms with van der Waals surface area (Å²) < 4.78 is 4.04. The molecule has 2 aromatic rings. The van der Waals surface area contributed by atoms with Crippen LogP contribution in [-0.2, 0) is 13.6 Å². The molecule has 5 heteroatoms. The Morgan fingerprint density at radius 1 is 1.37 bits per heavy atom. The summed E-state index contributed by atoms with van der Waals surface area (Å²) in [6.45, 7) is 2.83. The van der Waals surface area contributed by atoms with Crippen LogP contribution in [0.2, 0.25) is 0 Å². The van der Waals surface area contributed by atoms with Gasteiger partial charge in [0.1, 0.15) is 0 Å². The second kappa shape index (κ2) is 5.07. The van der Waals surface area contributed by atoms with Crippen molar-refractivity contribution in [1.82, 2.24) is 19.6 Å². The average Bonchev–Trinajstić information content (AvgIpc) is 3.07. The third kappa shape index (κ3) is 2.50. The summed E-state index contributed by atoms with van der Waals surface area (Å²) in [5, 5.41) is 12.3. The Labute approximate surface area is 113 Å². The van der Waals surface area contributed by atoms with Gasteiger partial charge in [0.25, 0.3) is 0 Å². The fraction of sp³-hybridized carbons (Fsp3) is 0.571. The van der Waals surface area contributed by atoms with Gasteiger partial charge in [-0.1, -0.05) is 12.8 Å². The van der Waals surface area contributed by atoms with Crippen molar-refractivity contribution in [3.05, 3.63) is 29.8 Å². The molecule has 3 rings (SSSR count). The summed E-state index contributed by atoms with van der Waals surface area (Å²) in [5.74, 6) is 0. The minimum atomic E-state index is 0.599. The fourth-order valence-electron chi connectivity index (χ4n) is 2.92. The third-order valence-corrected chi connectivity index (χ3v) is 3.90. The van der Waals surface area contributed by atoms with E-state index >= 15 is 0 Å². The lowest BCUT2D eigenvalue weighted by molar-refractivity contribution is 0.452. The molecule has 0 saturated heterocycles. The van der Waals surface area contributed by atoms with E-state index < -0.39 is 0 Å². The van der Waals surface area contributed by atoms with Crippen molar-refractivity contribution in [1.29, 1.82) is 0 Å². The maximum absolute atomic E-state index is 4.49. The van der Waals surface area contributed by atoms with E-state index in [0.29, 0.717) is 6.04 Å². The normalized spacial score (nSPS) is 16.1. The van der Waals surface area contributed by atoms with Crippen LogP contribution in [0.1, 0.15) is 43.1 Å². The highest BCUT2D eigenvalue weighted by molar-refractivity contribution is 5.45. The molecule has 0 unspecified atom stereocenters. The maximum Gasteiger partial charge on any atom is 0.0825 e. The first kappa shape index (κ1) is 12.3. The number of rotatable bonds is 4. The molecule has 0 atom stereocenters. The van der Waals surface area contributed by atoms with Crippen molar-refractivity contribution in [2.75, 3.05) is 5.32 Å². The molecule has 1 fully saturated rings. The molecule has 1 N–H and O–H groups in total. The zero-order valence-electron chi connectivity index (χ0n) is 11.6. The maximum atomic E-state index is 4.49. The standard InChI is InChI=1S/C14H21N5/c1-11-14(10-18(2)17-11)15-9-13-7-8-16-19(13)12-5-3-4-6-12/h7-8,10,12,15H,3-6,9H2,1-2H3. The minimum absolute atomic E-state index is 0.599. The van der Waals surface area contributed by atoms with Crippen LogP contribution >= 0.6 is 0 Å². The second-order valence-corrected chi connectivity index (χ2v) is 5.36. The van der Waals surface area contributed by atoms with Gasteiger partial charge in [-0.25, -0.2) is 0 Å². The molecule has 19 heavy (non-hydrogen) atoms. The summed E-state index contributed by atoms with van der Waals surface area (Å²) in [5.41, 5.74) is 3.39. The summed E-state index contributed by atoms with van der Waals surface area (Å²) >= 11 is 0. The summed E-state index contributed by atoms with van der Waals surface area (Å²) in [6.07, 6.45) is 9.12. The number of hydrogen-bond acceptors (Lipinski definition) is 3. The quantitative estimate of drug-likeness (QED) is 0.918. The highest BCUT2D eigenvalue weighted by atomic mass is 15.3. The van der Waals surface area contributed by atoms with Gasteiger partial charge in [0.2, 0.25) is 0 Å². The lowest BCUT2D eigenvalue weighted by Crippen LogP contribution is -2.13. The fourth-order valence-corrected chi connectivity index (χ4v) is 2.92. The monoisotopic (exact) mass is 259 g/mol. The molecule has 0 radical (unpaired) electrons. The van der Waals surface area contributed by atoms with Crippen LogP contribution in [0.3, 0.4) is 0 Å². The average molecular weight is 259 g/mol. The van der Waals surface area contributed by atoms with Gasteiger partial charge in [0.15, 0.2) is 0 Å². The Balaban J connectivity index is 1.70. The van der Waals surface area contributed by atoms with Gasteiger partial charge in [0, 0.05) is 19.4 Å². The number of nitrogens with zero attached hydrogens (tertiary/aromatic N) is 4. The van der Waals surface area contributed by atoms with Crippen LogP contribution in [0.15, 0.2) is 18.5 Å². The van der Waals surface area contributed by atoms with Crippen LogP contribution < -0.4 is 5.32 Å². The highest BCUT2D eigenvalue weighted by Crippen LogP contribution is 2.30. The molecule has 1 aliphatic carbocycles. The number of aromatic nitrogens is 4. The Kier molecular flexibility index (Phi) is 3.27. The van der Waals surface area contributed by atoms with Crippen LogP contribution in [0, 0.1) is 6.92 Å². The van der Waals surface area contributed by atoms with E-state index in [1.165, 1.54) is 31.4 Å². The molecule has 0 bridgehead atoms. The van der Waals surface area contributed by atoms with Crippen molar-refractivity contribution < 1.29 is 0 Å². The first-order valence-corrected chi connectivity index (χ1v) is 7.00. The summed E-state index contributed by atoms with van der Waals surface area (Å²) in [6, 6.07) is 2.71. The van der Waals surface area contributed by atoms with Gasteiger partial charge >= 0.3 is 0 Å². The molecule has 102 valence electrons. The first-order chi connectivity index (χ1) is 9.24. The van der Waals surface area contributed by atoms with E-state index in [4.69, 9.17) is 0 Å². The summed E-state index contributed by atoms with van der Waals surface area (Å²) in [7, 11) is 1.95. The second-order valence-electron chi connectivity index (χ2n) is 5.36. The molecule has 2 heterocycles. The van der Waals surface area contributed by atoms with Crippen molar-refractivity contribution in [2.45, 2.75) is 45.2 Å². The van der Waals surface area contributed by atoms with E-state index in [9.17, 15) is 0 Å². The van der Waals surface area contributed by atoms with Gasteiger partial charge in [-0.05, 0) is 25.8 Å². The van der Waals surface area contributed by atoms with Crippen molar-refractivity contribution in [3.8, 4) is 0 Å². The zero-order chi connectivity index (χ0) is 13.2. The zero-order valence-corrected chi connectivity index (χ0v) is 11.6. The van der Waals surface area contributed by atoms with Crippen LogP contribution in [0.25, 0.3) is 0 Å². The minimum Gasteiger partial charge on any atom is -0.377 e. The van der Waals surface area contributed by atoms with E-state index in [0.717, 1.165) is 17.9 Å². The molecule has 0 aliphatic heterocycles. The van der Waals surface area contributed by atoms with Gasteiger partial charge in [-0.15, -0.1) is 0 Å². The molecule has 1 saturated carbocycles. The third-order valence-electron chi connectivity index (χ3n) is 3.90. The SMILES string of the molecule is Cc1nn(C)cc1NCc1ccnn1C1CCCC1. The van der Waals surface area contributed by atoms with E-state index in [-0.39, 0.29) is 0 Å². The van der Waals surface area contributed by atoms with Crippen LogP contribution in [-0.4, -0.2) is 19.6 Å². The Bertz CT molecular complexity index is 548. The lowest BCUT2D eigenvalue weighted by atomic mass is 10.2. The molecule has 0 aromatic carbocycles. The Morgan fingerprint density at radius 2 is 2.16 bits per heavy atom. The van der Waals surface area contributed by atoms with E-state index in [1.54, 1.807) is 0 Å². The number of anilines is 1. The Hall–Kier alpha value is -1.78. The summed E-state index contributed by atoms with van der Waals surface area (Å²) in [4.78, 5) is 0. The van der Waals surface area contributed by atoms with Crippen molar-refractivity contribution >= 4 is 5.69 Å². The molecule has 2 aromatic heterocycles. The van der Waals surface area contributed by atoms with Crippen molar-refractivity contribution in [2.24, 2.45) is 7.05 Å². The smallest absolute Gasteiger partial charge is 0.0825 e. The van der Waals surface area contributed by atoms with Crippen LogP contribution in [0.4, 0.5) is 5.69 Å². The van der Waals surface area contributed by atoms with E-state index in [2.05, 4.69) is 26.3 Å². The number of nitrogens with one attached hydrogen (secondary N) is 1. The number of aryl methyl sites for hydroxylation is 2. The highest BCUT2D eigenvalue weighted by Gasteiger charge is 2.19. The lowest BCUT2D eigenvalue weighted by Gasteiger charge is -2.14. The molecular formula is C14H21N5. The largest absolute Gasteiger partial charge is 0.377 e. The molecule has 0 amide bonds. The predicted molar refractivity (Wildman–Crippen MR) is 75.0 cm³/mol. The van der Waals surface area contributed by atoms with Gasteiger partial charge in [0.05, 0.1) is 29.7 Å². The molecule has 1 aliphatic rings. The molecule has 5 nitrogen and oxygen atoms in total. The van der Waals surface area contributed by atoms with Gasteiger partial charge in [-0.3, -0.25) is 9.36 Å². The van der Waals surface area contributed by atoms with Gasteiger partial charge in [-0.2, -0.15) is 10.2 Å². The Morgan fingerprint density at radius 3 is 2.84 bits per heavy atom. The number of hydrogen-bond donors (Lipinski definition) is 1. The predicted octanol–water partition coefficient (Wildman–Crippen LogP) is 2.65. The van der Waals surface area contributed by atoms with E-state index in [1.807, 2.05) is 31.0 Å². The van der Waals surface area contributed by atoms with Gasteiger partial charge < -0.3 is 5.32 Å². The van der Waals surface area contributed by atoms with Crippen LogP contribution in [0.5, 0.6) is 0 Å². The molecule has 0 spiro atoms. The van der Waals surface area contributed by atoms with Crippen molar-refractivity contribution in [3.63, 3.8) is 0 Å².